The smallest absolute Gasteiger partial charge is 0.321 e. The maximum Gasteiger partial charge on any atom is 0.321 e. The van der Waals surface area contributed by atoms with Gasteiger partial charge in [0.15, 0.2) is 0 Å². The first-order chi connectivity index (χ1) is 10.7. The molecule has 1 heterocycles. The molecule has 0 bridgehead atoms. The Morgan fingerprint density at radius 3 is 2.22 bits per heavy atom. The van der Waals surface area contributed by atoms with E-state index in [0.29, 0.717) is 32.2 Å². The van der Waals surface area contributed by atoms with Crippen molar-refractivity contribution in [3.63, 3.8) is 0 Å². The van der Waals surface area contributed by atoms with Crippen molar-refractivity contribution in [2.24, 2.45) is 0 Å². The third kappa shape index (κ3) is 5.43. The van der Waals surface area contributed by atoms with E-state index >= 15 is 0 Å². The molecule has 1 unspecified atom stereocenters. The highest BCUT2D eigenvalue weighted by Gasteiger charge is 2.27. The van der Waals surface area contributed by atoms with Crippen LogP contribution >= 0.6 is 0 Å². The Bertz CT molecular complexity index is 580. The summed E-state index contributed by atoms with van der Waals surface area (Å²) in [5.74, 6) is -1.95. The molecule has 1 N–H and O–H groups in total. The number of sulfonamides is 1. The van der Waals surface area contributed by atoms with Gasteiger partial charge in [0.2, 0.25) is 10.0 Å². The maximum atomic E-state index is 12.0. The molecule has 1 rings (SSSR count). The highest BCUT2D eigenvalue weighted by molar-refractivity contribution is 7.89. The van der Waals surface area contributed by atoms with Crippen LogP contribution in [-0.2, 0) is 24.4 Å². The van der Waals surface area contributed by atoms with Crippen LogP contribution in [0.15, 0.2) is 12.2 Å². The van der Waals surface area contributed by atoms with E-state index in [1.54, 1.807) is 0 Å². The number of carboxylic acid groups (broad SMARTS) is 1. The number of amides is 2. The number of carbonyl (C=O) groups is 3. The summed E-state index contributed by atoms with van der Waals surface area (Å²) in [5.41, 5.74) is 0. The summed E-state index contributed by atoms with van der Waals surface area (Å²) in [5, 5.41) is 8.83. The molecule has 23 heavy (non-hydrogen) atoms. The first-order valence-electron chi connectivity index (χ1n) is 7.39. The Kier molecular flexibility index (Phi) is 6.89. The molecule has 0 aromatic rings. The minimum atomic E-state index is -3.60. The van der Waals surface area contributed by atoms with E-state index in [9.17, 15) is 22.8 Å². The van der Waals surface area contributed by atoms with E-state index in [0.717, 1.165) is 9.21 Å². The van der Waals surface area contributed by atoms with Crippen molar-refractivity contribution in [2.45, 2.75) is 38.6 Å². The largest absolute Gasteiger partial charge is 0.480 e. The van der Waals surface area contributed by atoms with Crippen LogP contribution < -0.4 is 0 Å². The first kappa shape index (κ1) is 19.3. The van der Waals surface area contributed by atoms with Crippen LogP contribution in [0.1, 0.15) is 32.6 Å². The van der Waals surface area contributed by atoms with Gasteiger partial charge in [0.05, 0.1) is 5.75 Å². The van der Waals surface area contributed by atoms with Crippen LogP contribution in [0.2, 0.25) is 0 Å². The molecule has 1 atom stereocenters. The van der Waals surface area contributed by atoms with E-state index in [-0.39, 0.29) is 17.6 Å². The minimum Gasteiger partial charge on any atom is -0.480 e. The van der Waals surface area contributed by atoms with E-state index in [1.807, 2.05) is 0 Å². The Morgan fingerprint density at radius 1 is 1.17 bits per heavy atom. The van der Waals surface area contributed by atoms with Gasteiger partial charge < -0.3 is 5.11 Å². The monoisotopic (exact) mass is 346 g/mol. The second-order valence-corrected chi connectivity index (χ2v) is 7.57. The number of carboxylic acids is 1. The quantitative estimate of drug-likeness (QED) is 0.447. The van der Waals surface area contributed by atoms with Crippen molar-refractivity contribution in [2.75, 3.05) is 19.3 Å². The number of hydrogen-bond acceptors (Lipinski definition) is 5. The molecular weight excluding hydrogens is 324 g/mol. The number of hydrogen-bond donors (Lipinski definition) is 1. The number of imide groups is 1. The lowest BCUT2D eigenvalue weighted by Gasteiger charge is -2.20. The van der Waals surface area contributed by atoms with Gasteiger partial charge in [-0.05, 0) is 19.8 Å². The molecule has 0 spiro atoms. The summed E-state index contributed by atoms with van der Waals surface area (Å²) >= 11 is 0. The van der Waals surface area contributed by atoms with Crippen LogP contribution in [0.25, 0.3) is 0 Å². The van der Waals surface area contributed by atoms with Gasteiger partial charge in [-0.25, -0.2) is 8.42 Å². The fraction of sp³-hybridized carbons (Fsp3) is 0.643. The summed E-state index contributed by atoms with van der Waals surface area (Å²) in [6.45, 7) is 1.64. The molecule has 0 fully saturated rings. The van der Waals surface area contributed by atoms with Gasteiger partial charge in [-0.3, -0.25) is 19.3 Å². The molecule has 0 radical (unpaired) electrons. The minimum absolute atomic E-state index is 0.121. The van der Waals surface area contributed by atoms with Gasteiger partial charge in [-0.15, -0.1) is 0 Å². The lowest BCUT2D eigenvalue weighted by molar-refractivity contribution is -0.140. The topological polar surface area (TPSA) is 112 Å². The van der Waals surface area contributed by atoms with Crippen molar-refractivity contribution < 1.29 is 27.9 Å². The predicted molar refractivity (Wildman–Crippen MR) is 83.0 cm³/mol. The van der Waals surface area contributed by atoms with Gasteiger partial charge in [-0.1, -0.05) is 12.8 Å². The Labute approximate surface area is 135 Å². The maximum absolute atomic E-state index is 12.0. The molecule has 0 saturated carbocycles. The molecule has 0 saturated heterocycles. The highest BCUT2D eigenvalue weighted by Crippen LogP contribution is 2.11. The van der Waals surface area contributed by atoms with Gasteiger partial charge in [-0.2, -0.15) is 4.31 Å². The Balaban J connectivity index is 2.25. The number of unbranched alkanes of at least 4 members (excludes halogenated alkanes) is 3. The van der Waals surface area contributed by atoms with Crippen LogP contribution in [0.3, 0.4) is 0 Å². The summed E-state index contributed by atoms with van der Waals surface area (Å²) < 4.78 is 24.8. The second kappa shape index (κ2) is 8.21. The van der Waals surface area contributed by atoms with Gasteiger partial charge in [0, 0.05) is 25.7 Å². The summed E-state index contributed by atoms with van der Waals surface area (Å²) in [6, 6.07) is -1.10. The van der Waals surface area contributed by atoms with Crippen molar-refractivity contribution in [1.29, 1.82) is 0 Å². The molecule has 1 aliphatic heterocycles. The Morgan fingerprint density at radius 2 is 1.70 bits per heavy atom. The van der Waals surface area contributed by atoms with E-state index < -0.39 is 22.0 Å². The molecule has 0 aliphatic carbocycles. The third-order valence-electron chi connectivity index (χ3n) is 3.78. The summed E-state index contributed by atoms with van der Waals surface area (Å²) in [7, 11) is -2.35. The average Bonchev–Trinajstić information content (AvgIpc) is 2.80. The zero-order chi connectivity index (χ0) is 17.6. The molecule has 2 amide bonds. The lowest BCUT2D eigenvalue weighted by Crippen LogP contribution is -2.41. The van der Waals surface area contributed by atoms with Crippen LogP contribution in [0.5, 0.6) is 0 Å². The predicted octanol–water partition coefficient (Wildman–Crippen LogP) is 0.206. The summed E-state index contributed by atoms with van der Waals surface area (Å²) in [6.07, 6.45) is 4.78. The number of rotatable bonds is 10. The van der Waals surface area contributed by atoms with Gasteiger partial charge in [0.25, 0.3) is 11.8 Å². The van der Waals surface area contributed by atoms with E-state index in [2.05, 4.69) is 0 Å². The molecule has 0 aromatic carbocycles. The van der Waals surface area contributed by atoms with Crippen LogP contribution in [0, 0.1) is 0 Å². The normalized spacial score (nSPS) is 16.4. The SMILES string of the molecule is CC(C(=O)O)N(C)S(=O)(=O)CCCCCCN1C(=O)C=CC1=O. The lowest BCUT2D eigenvalue weighted by atomic mass is 10.2. The van der Waals surface area contributed by atoms with Crippen molar-refractivity contribution >= 4 is 27.8 Å². The van der Waals surface area contributed by atoms with Crippen molar-refractivity contribution in [3.05, 3.63) is 12.2 Å². The fourth-order valence-corrected chi connectivity index (χ4v) is 3.53. The van der Waals surface area contributed by atoms with Crippen LogP contribution in [0.4, 0.5) is 0 Å². The zero-order valence-corrected chi connectivity index (χ0v) is 14.1. The molecule has 0 aromatic heterocycles. The molecular formula is C14H22N2O6S. The third-order valence-corrected chi connectivity index (χ3v) is 5.77. The van der Waals surface area contributed by atoms with E-state index in [1.165, 1.54) is 26.1 Å². The van der Waals surface area contributed by atoms with Gasteiger partial charge in [0.1, 0.15) is 6.04 Å². The van der Waals surface area contributed by atoms with Gasteiger partial charge >= 0.3 is 5.97 Å². The average molecular weight is 346 g/mol. The second-order valence-electron chi connectivity index (χ2n) is 5.42. The van der Waals surface area contributed by atoms with E-state index in [4.69, 9.17) is 5.11 Å². The number of nitrogens with zero attached hydrogens (tertiary/aromatic N) is 2. The molecule has 8 nitrogen and oxygen atoms in total. The standard InChI is InChI=1S/C14H22N2O6S/c1-11(14(19)20)15(2)23(21,22)10-6-4-3-5-9-16-12(17)7-8-13(16)18/h7-8,11H,3-6,9-10H2,1-2H3,(H,19,20). The van der Waals surface area contributed by atoms with Crippen LogP contribution in [-0.4, -0.2) is 65.9 Å². The molecule has 9 heteroatoms. The first-order valence-corrected chi connectivity index (χ1v) is 9.00. The van der Waals surface area contributed by atoms with Crippen molar-refractivity contribution in [3.8, 4) is 0 Å². The highest BCUT2D eigenvalue weighted by atomic mass is 32.2. The number of aliphatic carboxylic acids is 1. The zero-order valence-electron chi connectivity index (χ0n) is 13.3. The van der Waals surface area contributed by atoms with Crippen molar-refractivity contribution in [1.82, 2.24) is 9.21 Å². The fourth-order valence-electron chi connectivity index (χ4n) is 2.10. The Hall–Kier alpha value is -1.74. The summed E-state index contributed by atoms with van der Waals surface area (Å²) in [4.78, 5) is 34.6. The molecule has 1 aliphatic rings. The number of likely N-dealkylation sites (N-methyl/N-ethyl adjacent to an activating group) is 1. The number of carbonyl (C=O) groups excluding carboxylic acids is 2. The molecule has 130 valence electrons.